The minimum absolute atomic E-state index is 0.214. The first-order valence-corrected chi connectivity index (χ1v) is 34.5. The number of aliphatic carboxylic acids is 1. The van der Waals surface area contributed by atoms with E-state index < -0.39 is 148 Å². The Morgan fingerprint density at radius 1 is 0.573 bits per heavy atom. The van der Waals surface area contributed by atoms with Crippen molar-refractivity contribution in [3.8, 4) is 0 Å². The molecular weight excluding hydrogens is 1160 g/mol. The van der Waals surface area contributed by atoms with Gasteiger partial charge in [-0.3, -0.25) is 9.59 Å². The van der Waals surface area contributed by atoms with Gasteiger partial charge in [-0.1, -0.05) is 212 Å². The second kappa shape index (κ2) is 47.4. The summed E-state index contributed by atoms with van der Waals surface area (Å²) in [7, 11) is 0. The zero-order valence-electron chi connectivity index (χ0n) is 54.3. The predicted octanol–water partition coefficient (Wildman–Crippen LogP) is 5.90. The number of carboxylic acid groups (broad SMARTS) is 1. The number of carboxylic acids is 1. The lowest BCUT2D eigenvalue weighted by Crippen LogP contribution is -2.70. The van der Waals surface area contributed by atoms with Crippen molar-refractivity contribution in [1.82, 2.24) is 10.6 Å². The number of aliphatic hydroxyl groups excluding tert-OH is 11. The number of nitrogens with one attached hydrogen (secondary N) is 2. The van der Waals surface area contributed by atoms with Crippen molar-refractivity contribution >= 4 is 17.8 Å². The Labute approximate surface area is 531 Å². The van der Waals surface area contributed by atoms with Gasteiger partial charge in [0.2, 0.25) is 11.8 Å². The normalized spacial score (nSPS) is 28.8. The molecule has 0 spiro atoms. The largest absolute Gasteiger partial charge is 0.477 e. The zero-order chi connectivity index (χ0) is 65.4. The van der Waals surface area contributed by atoms with Gasteiger partial charge in [0.05, 0.1) is 50.7 Å². The summed E-state index contributed by atoms with van der Waals surface area (Å²) in [5.74, 6) is -6.11. The van der Waals surface area contributed by atoms with E-state index in [2.05, 4.69) is 36.6 Å². The van der Waals surface area contributed by atoms with Crippen LogP contribution >= 0.6 is 0 Å². The summed E-state index contributed by atoms with van der Waals surface area (Å²) >= 11 is 0. The van der Waals surface area contributed by atoms with Gasteiger partial charge in [0.15, 0.2) is 12.6 Å². The Hall–Kier alpha value is -2.53. The molecule has 23 heteroatoms. The van der Waals surface area contributed by atoms with Crippen molar-refractivity contribution in [1.29, 1.82) is 0 Å². The van der Waals surface area contributed by atoms with Crippen LogP contribution < -0.4 is 10.6 Å². The maximum absolute atomic E-state index is 13.4. The van der Waals surface area contributed by atoms with Crippen LogP contribution in [0.3, 0.4) is 0 Å². The Bertz CT molecular complexity index is 1860. The summed E-state index contributed by atoms with van der Waals surface area (Å²) < 4.78 is 34.8. The molecule has 3 rings (SSSR count). The Kier molecular flexibility index (Phi) is 43.0. The second-order valence-corrected chi connectivity index (χ2v) is 25.4. The first kappa shape index (κ1) is 80.7. The number of unbranched alkanes of at least 4 members (excludes halogenated alkanes) is 30. The van der Waals surface area contributed by atoms with Crippen LogP contribution in [0.15, 0.2) is 12.2 Å². The van der Waals surface area contributed by atoms with E-state index in [9.17, 15) is 75.7 Å². The van der Waals surface area contributed by atoms with E-state index >= 15 is 0 Å². The summed E-state index contributed by atoms with van der Waals surface area (Å²) in [6, 6.07) is -2.53. The molecule has 2 amide bonds. The van der Waals surface area contributed by atoms with Gasteiger partial charge < -0.3 is 100 Å². The molecule has 18 unspecified atom stereocenters. The molecule has 0 radical (unpaired) electrons. The maximum atomic E-state index is 13.4. The summed E-state index contributed by atoms with van der Waals surface area (Å²) in [6.07, 6.45) is 15.2. The van der Waals surface area contributed by atoms with Gasteiger partial charge >= 0.3 is 5.97 Å². The number of ether oxygens (including phenoxy) is 6. The molecule has 3 fully saturated rings. The van der Waals surface area contributed by atoms with Crippen LogP contribution in [0.1, 0.15) is 252 Å². The number of allylic oxidation sites excluding steroid dienone is 2. The third-order valence-electron chi connectivity index (χ3n) is 17.7. The Morgan fingerprint density at radius 2 is 1.06 bits per heavy atom. The van der Waals surface area contributed by atoms with Crippen LogP contribution in [-0.4, -0.2) is 215 Å². The third kappa shape index (κ3) is 30.2. The number of carbonyl (C=O) groups excluding carboxylic acids is 2. The minimum atomic E-state index is -3.08. The smallest absolute Gasteiger partial charge is 0.364 e. The van der Waals surface area contributed by atoms with Crippen LogP contribution in [0, 0.1) is 0 Å². The first-order valence-electron chi connectivity index (χ1n) is 34.5. The van der Waals surface area contributed by atoms with Gasteiger partial charge in [-0.2, -0.15) is 0 Å². The second-order valence-electron chi connectivity index (χ2n) is 25.4. The molecule has 0 saturated carbocycles. The summed E-state index contributed by atoms with van der Waals surface area (Å²) in [6.45, 7) is 2.15. The summed E-state index contributed by atoms with van der Waals surface area (Å²) in [5.41, 5.74) is 0. The molecule has 0 bridgehead atoms. The molecule has 0 aromatic heterocycles. The van der Waals surface area contributed by atoms with Crippen molar-refractivity contribution < 1.29 is 104 Å². The van der Waals surface area contributed by atoms with E-state index in [1.807, 2.05) is 0 Å². The highest BCUT2D eigenvalue weighted by atomic mass is 16.8. The van der Waals surface area contributed by atoms with Gasteiger partial charge in [-0.05, 0) is 32.1 Å². The van der Waals surface area contributed by atoms with Gasteiger partial charge in [0.25, 0.3) is 5.79 Å². The van der Waals surface area contributed by atoms with E-state index in [0.29, 0.717) is 19.3 Å². The number of hydrogen-bond acceptors (Lipinski definition) is 20. The van der Waals surface area contributed by atoms with Crippen LogP contribution in [-0.2, 0) is 42.8 Å². The molecule has 0 aromatic carbocycles. The fourth-order valence-corrected chi connectivity index (χ4v) is 12.2. The molecule has 0 aliphatic carbocycles. The highest BCUT2D eigenvalue weighted by molar-refractivity contribution is 5.77. The average Bonchev–Trinajstić information content (AvgIpc) is 0.822. The standard InChI is InChI=1S/C66H122N2O21/c1-4-6-8-10-12-14-16-17-18-19-20-21-22-23-24-25-26-27-28-30-31-33-35-37-39-48(73)47(68-53(76)40-38-36-34-32-29-15-13-11-9-7-5-2)45-84-63-58(80)57(79)60(52(44-71)86-63)87-64-59(81)62(56(78)51(43-70)85-64)89-66(65(82)83)41-49(74)54(67-46(3)72)61(88-66)55(77)50(75)42-69/h11,13,47-52,54-64,69-71,73-75,77-81H,4-10,12,14-45H2,1-3H3,(H,67,72)(H,68,76)(H,82,83)/b13-11-. The third-order valence-corrected chi connectivity index (χ3v) is 17.7. The number of carbonyl (C=O) groups is 3. The molecule has 23 nitrogen and oxygen atoms in total. The molecule has 18 atom stereocenters. The number of rotatable bonds is 52. The van der Waals surface area contributed by atoms with Crippen molar-refractivity contribution in [2.24, 2.45) is 0 Å². The SMILES string of the molecule is CCCC/C=C\CCCCCCCC(=O)NC(COC1OC(CO)C(OC2OC(CO)C(O)C(OC3(C(=O)O)CC(O)C(NC(C)=O)C(C(O)C(O)CO)O3)C2O)C(O)C1O)C(O)CCCCCCCCCCCCCCCCCCCCCCCCCC. The monoisotopic (exact) mass is 1280 g/mol. The lowest BCUT2D eigenvalue weighted by atomic mass is 9.88. The quantitative estimate of drug-likeness (QED) is 0.0249. The fourth-order valence-electron chi connectivity index (χ4n) is 12.2. The molecule has 3 heterocycles. The van der Waals surface area contributed by atoms with Gasteiger partial charge in [0, 0.05) is 19.8 Å². The van der Waals surface area contributed by atoms with Gasteiger partial charge in [-0.25, -0.2) is 4.79 Å². The van der Waals surface area contributed by atoms with Crippen LogP contribution in [0.2, 0.25) is 0 Å². The zero-order valence-corrected chi connectivity index (χ0v) is 54.3. The van der Waals surface area contributed by atoms with Crippen molar-refractivity contribution in [2.45, 2.75) is 362 Å². The van der Waals surface area contributed by atoms with Crippen LogP contribution in [0.25, 0.3) is 0 Å². The Morgan fingerprint density at radius 3 is 1.55 bits per heavy atom. The number of amides is 2. The average molecular weight is 1280 g/mol. The van der Waals surface area contributed by atoms with Crippen LogP contribution in [0.5, 0.6) is 0 Å². The maximum Gasteiger partial charge on any atom is 0.364 e. The van der Waals surface area contributed by atoms with E-state index in [1.54, 1.807) is 0 Å². The molecule has 3 aliphatic rings. The summed E-state index contributed by atoms with van der Waals surface area (Å²) in [5, 5.41) is 136. The van der Waals surface area contributed by atoms with Crippen molar-refractivity contribution in [3.63, 3.8) is 0 Å². The lowest BCUT2D eigenvalue weighted by molar-refractivity contribution is -0.386. The molecule has 14 N–H and O–H groups in total. The first-order chi connectivity index (χ1) is 42.9. The van der Waals surface area contributed by atoms with E-state index in [-0.39, 0.29) is 18.9 Å². The molecule has 0 aromatic rings. The summed E-state index contributed by atoms with van der Waals surface area (Å²) in [4.78, 5) is 38.5. The lowest BCUT2D eigenvalue weighted by Gasteiger charge is -2.50. The van der Waals surface area contributed by atoms with Gasteiger partial charge in [-0.15, -0.1) is 0 Å². The minimum Gasteiger partial charge on any atom is -0.477 e. The number of hydrogen-bond donors (Lipinski definition) is 14. The fraction of sp³-hybridized carbons (Fsp3) is 0.924. The van der Waals surface area contributed by atoms with Gasteiger partial charge in [0.1, 0.15) is 67.1 Å². The molecule has 3 aliphatic heterocycles. The van der Waals surface area contributed by atoms with E-state index in [4.69, 9.17) is 28.4 Å². The van der Waals surface area contributed by atoms with Crippen LogP contribution in [0.4, 0.5) is 0 Å². The highest BCUT2D eigenvalue weighted by Crippen LogP contribution is 2.39. The van der Waals surface area contributed by atoms with E-state index in [1.165, 1.54) is 135 Å². The van der Waals surface area contributed by atoms with E-state index in [0.717, 1.165) is 71.1 Å². The highest BCUT2D eigenvalue weighted by Gasteiger charge is 2.60. The molecule has 522 valence electrons. The van der Waals surface area contributed by atoms with Crippen molar-refractivity contribution in [2.75, 3.05) is 26.4 Å². The number of aliphatic hydroxyl groups is 11. The Balaban J connectivity index is 1.56. The molecular formula is C66H122N2O21. The van der Waals surface area contributed by atoms with Crippen molar-refractivity contribution in [3.05, 3.63) is 12.2 Å². The topological polar surface area (TPSA) is 373 Å². The predicted molar refractivity (Wildman–Crippen MR) is 334 cm³/mol. The molecule has 3 saturated heterocycles. The molecule has 89 heavy (non-hydrogen) atoms.